The Hall–Kier alpha value is -3.37. The normalized spacial score (nSPS) is 13.0. The third kappa shape index (κ3) is 3.82. The topological polar surface area (TPSA) is 52.6 Å². The summed E-state index contributed by atoms with van der Waals surface area (Å²) in [5, 5.41) is 8.57. The molecule has 0 saturated carbocycles. The first kappa shape index (κ1) is 18.0. The predicted molar refractivity (Wildman–Crippen MR) is 112 cm³/mol. The van der Waals surface area contributed by atoms with Crippen LogP contribution in [0.5, 0.6) is 0 Å². The van der Waals surface area contributed by atoms with E-state index in [1.54, 1.807) is 11.6 Å². The number of aryl methyl sites for hydroxylation is 2. The molecule has 3 aromatic carbocycles. The molecule has 1 aliphatic heterocycles. The zero-order chi connectivity index (χ0) is 19.3. The van der Waals surface area contributed by atoms with Crippen LogP contribution < -0.4 is 10.4 Å². The number of carbonyl (C=O) groups excluding carboxylic acids is 1. The third-order valence-corrected chi connectivity index (χ3v) is 5.09. The van der Waals surface area contributed by atoms with Crippen molar-refractivity contribution < 1.29 is 10.0 Å². The van der Waals surface area contributed by atoms with Gasteiger partial charge in [0.05, 0.1) is 0 Å². The largest absolute Gasteiger partial charge is 0.337 e. The van der Waals surface area contributed by atoms with E-state index in [0.717, 1.165) is 24.9 Å². The third-order valence-electron chi connectivity index (χ3n) is 5.09. The van der Waals surface area contributed by atoms with Gasteiger partial charge in [0.1, 0.15) is 0 Å². The molecule has 0 spiro atoms. The van der Waals surface area contributed by atoms with E-state index in [0.29, 0.717) is 0 Å². The molecule has 0 aliphatic carbocycles. The van der Waals surface area contributed by atoms with E-state index in [1.807, 2.05) is 12.1 Å². The van der Waals surface area contributed by atoms with Gasteiger partial charge in [-0.2, -0.15) is 0 Å². The number of anilines is 2. The second kappa shape index (κ2) is 8.11. The minimum absolute atomic E-state index is 0.540. The maximum Gasteiger partial charge on any atom is 0.267 e. The molecule has 28 heavy (non-hydrogen) atoms. The molecular weight excluding hydrogens is 348 g/mol. The molecule has 2 N–H and O–H groups in total. The van der Waals surface area contributed by atoms with Crippen LogP contribution in [0.1, 0.15) is 22.3 Å². The number of fused-ring (bicyclic) bond motifs is 2. The summed E-state index contributed by atoms with van der Waals surface area (Å²) in [6.45, 7) is 0.773. The molecule has 0 atom stereocenters. The van der Waals surface area contributed by atoms with Crippen molar-refractivity contribution in [3.63, 3.8) is 0 Å². The van der Waals surface area contributed by atoms with E-state index in [9.17, 15) is 4.79 Å². The first-order chi connectivity index (χ1) is 13.7. The summed E-state index contributed by atoms with van der Waals surface area (Å²) >= 11 is 0. The Morgan fingerprint density at radius 1 is 0.893 bits per heavy atom. The van der Waals surface area contributed by atoms with Crippen LogP contribution in [0.15, 0.2) is 78.9 Å². The SMILES string of the molecule is O=C(/C=C/c1ccc(CN2c3ccccc3CCc3ccccc32)cc1)NO. The van der Waals surface area contributed by atoms with Gasteiger partial charge in [-0.15, -0.1) is 0 Å². The second-order valence-corrected chi connectivity index (χ2v) is 6.89. The van der Waals surface area contributed by atoms with Gasteiger partial charge in [-0.1, -0.05) is 60.7 Å². The van der Waals surface area contributed by atoms with E-state index in [2.05, 4.69) is 65.6 Å². The quantitative estimate of drug-likeness (QED) is 0.400. The summed E-state index contributed by atoms with van der Waals surface area (Å²) < 4.78 is 0. The lowest BCUT2D eigenvalue weighted by molar-refractivity contribution is -0.124. The van der Waals surface area contributed by atoms with Crippen molar-refractivity contribution in [2.75, 3.05) is 4.90 Å². The van der Waals surface area contributed by atoms with Crippen molar-refractivity contribution in [1.82, 2.24) is 5.48 Å². The van der Waals surface area contributed by atoms with Crippen LogP contribution in [-0.2, 0) is 24.2 Å². The predicted octanol–water partition coefficient (Wildman–Crippen LogP) is 4.64. The lowest BCUT2D eigenvalue weighted by atomic mass is 10.0. The number of rotatable bonds is 4. The van der Waals surface area contributed by atoms with E-state index in [-0.39, 0.29) is 0 Å². The van der Waals surface area contributed by atoms with Crippen molar-refractivity contribution in [2.24, 2.45) is 0 Å². The van der Waals surface area contributed by atoms with Gasteiger partial charge in [0.15, 0.2) is 0 Å². The fraction of sp³-hybridized carbons (Fsp3) is 0.125. The van der Waals surface area contributed by atoms with Crippen LogP contribution in [0, 0.1) is 0 Å². The number of carbonyl (C=O) groups is 1. The first-order valence-corrected chi connectivity index (χ1v) is 9.39. The van der Waals surface area contributed by atoms with E-state index < -0.39 is 5.91 Å². The van der Waals surface area contributed by atoms with Gasteiger partial charge in [0.25, 0.3) is 5.91 Å². The number of hydroxylamine groups is 1. The monoisotopic (exact) mass is 370 g/mol. The summed E-state index contributed by atoms with van der Waals surface area (Å²) in [6, 6.07) is 25.3. The number of benzene rings is 3. The summed E-state index contributed by atoms with van der Waals surface area (Å²) in [5.41, 5.74) is 8.95. The molecule has 4 rings (SSSR count). The summed E-state index contributed by atoms with van der Waals surface area (Å²) in [5.74, 6) is -0.540. The van der Waals surface area contributed by atoms with Crippen LogP contribution in [0.2, 0.25) is 0 Å². The van der Waals surface area contributed by atoms with E-state index in [4.69, 9.17) is 5.21 Å². The Kier molecular flexibility index (Phi) is 5.22. The number of nitrogens with one attached hydrogen (secondary N) is 1. The molecule has 3 aromatic rings. The molecule has 1 amide bonds. The van der Waals surface area contributed by atoms with Gasteiger partial charge in [-0.3, -0.25) is 10.0 Å². The maximum absolute atomic E-state index is 11.1. The molecule has 0 radical (unpaired) electrons. The zero-order valence-corrected chi connectivity index (χ0v) is 15.5. The summed E-state index contributed by atoms with van der Waals surface area (Å²) in [4.78, 5) is 13.5. The molecule has 0 aromatic heterocycles. The van der Waals surface area contributed by atoms with Crippen LogP contribution in [0.4, 0.5) is 11.4 Å². The van der Waals surface area contributed by atoms with Crippen molar-refractivity contribution in [3.8, 4) is 0 Å². The smallest absolute Gasteiger partial charge is 0.267 e. The van der Waals surface area contributed by atoms with E-state index >= 15 is 0 Å². The fourth-order valence-electron chi connectivity index (χ4n) is 3.67. The molecule has 0 unspecified atom stereocenters. The lowest BCUT2D eigenvalue weighted by Crippen LogP contribution is -2.17. The number of amides is 1. The Labute approximate surface area is 164 Å². The number of hydrogen-bond acceptors (Lipinski definition) is 3. The van der Waals surface area contributed by atoms with Crippen molar-refractivity contribution in [1.29, 1.82) is 0 Å². The molecule has 0 saturated heterocycles. The molecule has 0 fully saturated rings. The highest BCUT2D eigenvalue weighted by molar-refractivity contribution is 5.90. The Balaban J connectivity index is 1.64. The van der Waals surface area contributed by atoms with Crippen LogP contribution in [0.3, 0.4) is 0 Å². The Bertz CT molecular complexity index is 962. The Morgan fingerprint density at radius 3 is 2.04 bits per heavy atom. The highest BCUT2D eigenvalue weighted by atomic mass is 16.5. The molecule has 4 heteroatoms. The highest BCUT2D eigenvalue weighted by Crippen LogP contribution is 2.37. The number of nitrogens with zero attached hydrogens (tertiary/aromatic N) is 1. The molecule has 140 valence electrons. The molecular formula is C24H22N2O2. The second-order valence-electron chi connectivity index (χ2n) is 6.89. The average Bonchev–Trinajstić information content (AvgIpc) is 2.90. The van der Waals surface area contributed by atoms with Crippen LogP contribution in [0.25, 0.3) is 6.08 Å². The van der Waals surface area contributed by atoms with Gasteiger partial charge in [-0.05, 0) is 53.3 Å². The lowest BCUT2D eigenvalue weighted by Gasteiger charge is -2.27. The fourth-order valence-corrected chi connectivity index (χ4v) is 3.67. The molecule has 1 aliphatic rings. The average molecular weight is 370 g/mol. The van der Waals surface area contributed by atoms with Gasteiger partial charge in [0, 0.05) is 24.0 Å². The van der Waals surface area contributed by atoms with Crippen molar-refractivity contribution in [3.05, 3.63) is 101 Å². The molecule has 4 nitrogen and oxygen atoms in total. The number of para-hydroxylation sites is 2. The van der Waals surface area contributed by atoms with Crippen molar-refractivity contribution >= 4 is 23.4 Å². The molecule has 0 bridgehead atoms. The maximum atomic E-state index is 11.1. The zero-order valence-electron chi connectivity index (χ0n) is 15.5. The van der Waals surface area contributed by atoms with Gasteiger partial charge in [0.2, 0.25) is 0 Å². The molecule has 1 heterocycles. The number of hydrogen-bond donors (Lipinski definition) is 2. The summed E-state index contributed by atoms with van der Waals surface area (Å²) in [7, 11) is 0. The van der Waals surface area contributed by atoms with E-state index in [1.165, 1.54) is 34.1 Å². The van der Waals surface area contributed by atoms with Crippen molar-refractivity contribution in [2.45, 2.75) is 19.4 Å². The van der Waals surface area contributed by atoms with Gasteiger partial charge >= 0.3 is 0 Å². The minimum Gasteiger partial charge on any atom is -0.337 e. The first-order valence-electron chi connectivity index (χ1n) is 9.39. The minimum atomic E-state index is -0.540. The standard InChI is InChI=1S/C24H22N2O2/c27-24(25-28)16-13-18-9-11-19(12-10-18)17-26-22-7-3-1-5-20(22)14-15-21-6-2-4-8-23(21)26/h1-13,16,28H,14-15,17H2,(H,25,27)/b16-13+. The van der Waals surface area contributed by atoms with Crippen LogP contribution in [-0.4, -0.2) is 11.1 Å². The van der Waals surface area contributed by atoms with Gasteiger partial charge < -0.3 is 4.90 Å². The Morgan fingerprint density at radius 2 is 1.46 bits per heavy atom. The summed E-state index contributed by atoms with van der Waals surface area (Å²) in [6.07, 6.45) is 5.06. The van der Waals surface area contributed by atoms with Gasteiger partial charge in [-0.25, -0.2) is 5.48 Å². The van der Waals surface area contributed by atoms with Crippen LogP contribution >= 0.6 is 0 Å². The highest BCUT2D eigenvalue weighted by Gasteiger charge is 2.20.